The molecule has 0 aliphatic carbocycles. The number of para-hydroxylation sites is 1. The van der Waals surface area contributed by atoms with Crippen molar-refractivity contribution in [2.45, 2.75) is 6.04 Å². The molecule has 2 heterocycles. The van der Waals surface area contributed by atoms with E-state index in [1.807, 2.05) is 59.5 Å². The quantitative estimate of drug-likeness (QED) is 0.791. The van der Waals surface area contributed by atoms with Gasteiger partial charge in [-0.15, -0.1) is 0 Å². The van der Waals surface area contributed by atoms with Crippen molar-refractivity contribution in [3.8, 4) is 5.75 Å². The lowest BCUT2D eigenvalue weighted by Gasteiger charge is -2.37. The minimum Gasteiger partial charge on any atom is -0.496 e. The van der Waals surface area contributed by atoms with Crippen molar-refractivity contribution >= 4 is 16.8 Å². The van der Waals surface area contributed by atoms with Crippen molar-refractivity contribution in [3.63, 3.8) is 0 Å². The Morgan fingerprint density at radius 2 is 2.04 bits per heavy atom. The van der Waals surface area contributed by atoms with E-state index in [4.69, 9.17) is 4.74 Å². The summed E-state index contributed by atoms with van der Waals surface area (Å²) in [6.45, 7) is 2.13. The van der Waals surface area contributed by atoms with Crippen molar-refractivity contribution in [2.24, 2.45) is 0 Å². The molecule has 5 nitrogen and oxygen atoms in total. The maximum Gasteiger partial charge on any atom is 0.255 e. The van der Waals surface area contributed by atoms with Gasteiger partial charge in [0.05, 0.1) is 18.7 Å². The summed E-state index contributed by atoms with van der Waals surface area (Å²) < 4.78 is 5.53. The van der Waals surface area contributed by atoms with E-state index in [9.17, 15) is 4.79 Å². The van der Waals surface area contributed by atoms with Crippen LogP contribution in [-0.2, 0) is 0 Å². The molecule has 0 bridgehead atoms. The molecule has 26 heavy (non-hydrogen) atoms. The van der Waals surface area contributed by atoms with E-state index in [1.165, 1.54) is 0 Å². The van der Waals surface area contributed by atoms with Crippen molar-refractivity contribution in [1.29, 1.82) is 0 Å². The molecular weight excluding hydrogens is 326 g/mol. The number of methoxy groups -OCH3 is 1. The molecule has 1 fully saturated rings. The molecule has 1 N–H and O–H groups in total. The summed E-state index contributed by atoms with van der Waals surface area (Å²) in [5.41, 5.74) is 2.55. The van der Waals surface area contributed by atoms with Gasteiger partial charge in [-0.2, -0.15) is 0 Å². The summed E-state index contributed by atoms with van der Waals surface area (Å²) >= 11 is 0. The van der Waals surface area contributed by atoms with Crippen LogP contribution in [0.4, 0.5) is 0 Å². The molecular formula is C21H21N3O2. The number of aromatic nitrogens is 1. The Morgan fingerprint density at radius 3 is 2.92 bits per heavy atom. The molecule has 1 atom stereocenters. The molecule has 1 aliphatic heterocycles. The fraction of sp³-hybridized carbons (Fsp3) is 0.238. The Hall–Kier alpha value is -2.92. The zero-order valence-corrected chi connectivity index (χ0v) is 14.7. The summed E-state index contributed by atoms with van der Waals surface area (Å²) in [4.78, 5) is 19.7. The molecule has 132 valence electrons. The van der Waals surface area contributed by atoms with E-state index >= 15 is 0 Å². The van der Waals surface area contributed by atoms with E-state index in [0.29, 0.717) is 18.7 Å². The Balaban J connectivity index is 1.75. The Labute approximate surface area is 152 Å². The monoisotopic (exact) mass is 347 g/mol. The van der Waals surface area contributed by atoms with Crippen LogP contribution in [-0.4, -0.2) is 42.5 Å². The van der Waals surface area contributed by atoms with Gasteiger partial charge in [0.1, 0.15) is 5.75 Å². The normalized spacial score (nSPS) is 17.3. The number of rotatable bonds is 3. The van der Waals surface area contributed by atoms with Crippen LogP contribution in [0.1, 0.15) is 22.0 Å². The van der Waals surface area contributed by atoms with E-state index in [2.05, 4.69) is 10.3 Å². The molecule has 3 aromatic rings. The van der Waals surface area contributed by atoms with Crippen LogP contribution in [0.2, 0.25) is 0 Å². The van der Waals surface area contributed by atoms with Gasteiger partial charge >= 0.3 is 0 Å². The van der Waals surface area contributed by atoms with Crippen LogP contribution < -0.4 is 10.1 Å². The minimum atomic E-state index is -0.0701. The maximum atomic E-state index is 13.4. The number of piperazine rings is 1. The number of hydrogen-bond acceptors (Lipinski definition) is 4. The first-order valence-corrected chi connectivity index (χ1v) is 8.78. The third kappa shape index (κ3) is 2.91. The number of nitrogens with zero attached hydrogens (tertiary/aromatic N) is 2. The summed E-state index contributed by atoms with van der Waals surface area (Å²) in [6, 6.07) is 17.4. The zero-order chi connectivity index (χ0) is 17.9. The van der Waals surface area contributed by atoms with E-state index in [1.54, 1.807) is 13.3 Å². The molecule has 1 aromatic heterocycles. The molecule has 0 saturated carbocycles. The first kappa shape index (κ1) is 16.5. The first-order valence-electron chi connectivity index (χ1n) is 8.78. The largest absolute Gasteiger partial charge is 0.496 e. The minimum absolute atomic E-state index is 0.0287. The summed E-state index contributed by atoms with van der Waals surface area (Å²) in [6.07, 6.45) is 1.75. The maximum absolute atomic E-state index is 13.4. The standard InChI is InChI=1S/C21H21N3O2/c1-26-20-10-3-2-6-17(20)19-14-22-12-13-24(19)21(25)16-7-4-9-18-15(16)8-5-11-23-18/h2-11,19,22H,12-14H2,1H3. The molecule has 1 saturated heterocycles. The number of hydrogen-bond donors (Lipinski definition) is 1. The van der Waals surface area contributed by atoms with Gasteiger partial charge in [0, 0.05) is 42.3 Å². The molecule has 1 unspecified atom stereocenters. The number of nitrogens with one attached hydrogen (secondary N) is 1. The number of fused-ring (bicyclic) bond motifs is 1. The van der Waals surface area contributed by atoms with Crippen LogP contribution in [0.3, 0.4) is 0 Å². The van der Waals surface area contributed by atoms with Crippen LogP contribution in [0.15, 0.2) is 60.8 Å². The van der Waals surface area contributed by atoms with Crippen molar-refractivity contribution in [3.05, 3.63) is 71.9 Å². The van der Waals surface area contributed by atoms with Gasteiger partial charge in [-0.05, 0) is 24.3 Å². The second-order valence-corrected chi connectivity index (χ2v) is 6.34. The first-order chi connectivity index (χ1) is 12.8. The SMILES string of the molecule is COc1ccccc1C1CNCCN1C(=O)c1cccc2ncccc12. The van der Waals surface area contributed by atoms with Gasteiger partial charge in [0.25, 0.3) is 5.91 Å². The highest BCUT2D eigenvalue weighted by molar-refractivity contribution is 6.06. The van der Waals surface area contributed by atoms with E-state index in [0.717, 1.165) is 28.8 Å². The summed E-state index contributed by atoms with van der Waals surface area (Å²) in [5.74, 6) is 0.833. The third-order valence-electron chi connectivity index (χ3n) is 4.88. The highest BCUT2D eigenvalue weighted by Crippen LogP contribution is 2.32. The number of carbonyl (C=O) groups is 1. The van der Waals surface area contributed by atoms with Crippen LogP contribution >= 0.6 is 0 Å². The van der Waals surface area contributed by atoms with E-state index < -0.39 is 0 Å². The van der Waals surface area contributed by atoms with Gasteiger partial charge in [0.2, 0.25) is 0 Å². The predicted molar refractivity (Wildman–Crippen MR) is 101 cm³/mol. The number of carbonyl (C=O) groups excluding carboxylic acids is 1. The summed E-state index contributed by atoms with van der Waals surface area (Å²) in [5, 5.41) is 4.28. The highest BCUT2D eigenvalue weighted by Gasteiger charge is 2.31. The Morgan fingerprint density at radius 1 is 1.15 bits per heavy atom. The smallest absolute Gasteiger partial charge is 0.255 e. The second kappa shape index (κ2) is 7.14. The lowest BCUT2D eigenvalue weighted by Crippen LogP contribution is -2.48. The molecule has 0 spiro atoms. The number of pyridine rings is 1. The molecule has 1 aliphatic rings. The highest BCUT2D eigenvalue weighted by atomic mass is 16.5. The molecule has 4 rings (SSSR count). The predicted octanol–water partition coefficient (Wildman–Crippen LogP) is 3.03. The lowest BCUT2D eigenvalue weighted by molar-refractivity contribution is 0.0633. The third-order valence-corrected chi connectivity index (χ3v) is 4.88. The fourth-order valence-corrected chi connectivity index (χ4v) is 3.61. The Kier molecular flexibility index (Phi) is 4.54. The van der Waals surface area contributed by atoms with Crippen molar-refractivity contribution in [2.75, 3.05) is 26.7 Å². The molecule has 5 heteroatoms. The average molecular weight is 347 g/mol. The van der Waals surface area contributed by atoms with Gasteiger partial charge in [-0.1, -0.05) is 30.3 Å². The fourth-order valence-electron chi connectivity index (χ4n) is 3.61. The zero-order valence-electron chi connectivity index (χ0n) is 14.7. The second-order valence-electron chi connectivity index (χ2n) is 6.34. The van der Waals surface area contributed by atoms with Gasteiger partial charge in [0.15, 0.2) is 0 Å². The van der Waals surface area contributed by atoms with Crippen LogP contribution in [0.5, 0.6) is 5.75 Å². The van der Waals surface area contributed by atoms with Crippen LogP contribution in [0.25, 0.3) is 10.9 Å². The molecule has 1 amide bonds. The lowest BCUT2D eigenvalue weighted by atomic mass is 9.99. The molecule has 2 aromatic carbocycles. The topological polar surface area (TPSA) is 54.5 Å². The van der Waals surface area contributed by atoms with Gasteiger partial charge < -0.3 is 15.0 Å². The molecule has 0 radical (unpaired) electrons. The van der Waals surface area contributed by atoms with Crippen molar-refractivity contribution < 1.29 is 9.53 Å². The van der Waals surface area contributed by atoms with Gasteiger partial charge in [-0.3, -0.25) is 9.78 Å². The number of amides is 1. The van der Waals surface area contributed by atoms with E-state index in [-0.39, 0.29) is 11.9 Å². The van der Waals surface area contributed by atoms with Gasteiger partial charge in [-0.25, -0.2) is 0 Å². The number of benzene rings is 2. The Bertz CT molecular complexity index is 936. The average Bonchev–Trinajstić information content (AvgIpc) is 2.73. The van der Waals surface area contributed by atoms with Crippen LogP contribution in [0, 0.1) is 0 Å². The van der Waals surface area contributed by atoms with Crippen molar-refractivity contribution in [1.82, 2.24) is 15.2 Å². The number of ether oxygens (including phenoxy) is 1. The summed E-state index contributed by atoms with van der Waals surface area (Å²) in [7, 11) is 1.66.